The first-order chi connectivity index (χ1) is 8.63. The van der Waals surface area contributed by atoms with Crippen molar-refractivity contribution < 1.29 is 14.7 Å². The van der Waals surface area contributed by atoms with Crippen molar-refractivity contribution in [1.82, 2.24) is 9.47 Å². The highest BCUT2D eigenvalue weighted by Gasteiger charge is 2.29. The second-order valence-corrected chi connectivity index (χ2v) is 4.61. The molecule has 0 spiro atoms. The average Bonchev–Trinajstić information content (AvgIpc) is 2.86. The van der Waals surface area contributed by atoms with Gasteiger partial charge >= 0.3 is 5.97 Å². The van der Waals surface area contributed by atoms with Gasteiger partial charge < -0.3 is 14.6 Å². The number of aromatic nitrogens is 1. The van der Waals surface area contributed by atoms with Crippen LogP contribution in [0.4, 0.5) is 0 Å². The summed E-state index contributed by atoms with van der Waals surface area (Å²) >= 11 is 0. The van der Waals surface area contributed by atoms with Crippen molar-refractivity contribution in [3.8, 4) is 0 Å². The lowest BCUT2D eigenvalue weighted by Crippen LogP contribution is -2.42. The molecule has 0 aromatic carbocycles. The lowest BCUT2D eigenvalue weighted by Gasteiger charge is -2.30. The summed E-state index contributed by atoms with van der Waals surface area (Å²) in [5, 5.41) is 9.03. The van der Waals surface area contributed by atoms with Crippen LogP contribution in [0.15, 0.2) is 18.3 Å². The number of carboxylic acid groups (broad SMARTS) is 1. The molecule has 1 aliphatic rings. The van der Waals surface area contributed by atoms with E-state index < -0.39 is 11.9 Å². The Balaban J connectivity index is 2.11. The zero-order valence-electron chi connectivity index (χ0n) is 10.5. The number of carboxylic acids is 1. The molecular weight excluding hydrogens is 232 g/mol. The first-order valence-corrected chi connectivity index (χ1v) is 6.30. The fraction of sp³-hybridized carbons (Fsp3) is 0.538. The second-order valence-electron chi connectivity index (χ2n) is 4.61. The molecular formula is C13H18N2O3. The van der Waals surface area contributed by atoms with E-state index in [4.69, 9.17) is 5.11 Å². The van der Waals surface area contributed by atoms with Gasteiger partial charge in [0.15, 0.2) is 0 Å². The molecule has 1 fully saturated rings. The molecule has 2 heterocycles. The molecule has 1 N–H and O–H groups in total. The number of piperidine rings is 1. The number of likely N-dealkylation sites (tertiary alicyclic amines) is 1. The van der Waals surface area contributed by atoms with Gasteiger partial charge in [0, 0.05) is 25.8 Å². The van der Waals surface area contributed by atoms with Crippen molar-refractivity contribution in [2.45, 2.75) is 26.3 Å². The minimum absolute atomic E-state index is 0.0622. The number of aliphatic carboxylic acids is 1. The summed E-state index contributed by atoms with van der Waals surface area (Å²) in [4.78, 5) is 25.0. The number of nitrogens with zero attached hydrogens (tertiary/aromatic N) is 2. The first-order valence-electron chi connectivity index (χ1n) is 6.30. The highest BCUT2D eigenvalue weighted by molar-refractivity contribution is 5.93. The number of aryl methyl sites for hydroxylation is 1. The molecule has 0 unspecified atom stereocenters. The van der Waals surface area contributed by atoms with Crippen LogP contribution in [0.3, 0.4) is 0 Å². The second kappa shape index (κ2) is 5.25. The van der Waals surface area contributed by atoms with Gasteiger partial charge in [-0.15, -0.1) is 0 Å². The maximum Gasteiger partial charge on any atom is 0.308 e. The number of amides is 1. The van der Waals surface area contributed by atoms with E-state index in [-0.39, 0.29) is 5.91 Å². The third-order valence-corrected chi connectivity index (χ3v) is 3.45. The lowest BCUT2D eigenvalue weighted by molar-refractivity contribution is -0.143. The maximum atomic E-state index is 12.3. The van der Waals surface area contributed by atoms with E-state index in [2.05, 4.69) is 0 Å². The molecule has 1 amide bonds. The predicted molar refractivity (Wildman–Crippen MR) is 66.4 cm³/mol. The summed E-state index contributed by atoms with van der Waals surface area (Å²) in [6, 6.07) is 3.63. The molecule has 18 heavy (non-hydrogen) atoms. The van der Waals surface area contributed by atoms with Crippen molar-refractivity contribution in [3.05, 3.63) is 24.0 Å². The van der Waals surface area contributed by atoms with Gasteiger partial charge in [-0.2, -0.15) is 0 Å². The van der Waals surface area contributed by atoms with E-state index in [0.717, 1.165) is 13.0 Å². The van der Waals surface area contributed by atoms with Crippen LogP contribution in [0.2, 0.25) is 0 Å². The topological polar surface area (TPSA) is 62.5 Å². The minimum Gasteiger partial charge on any atom is -0.481 e. The summed E-state index contributed by atoms with van der Waals surface area (Å²) < 4.78 is 1.88. The van der Waals surface area contributed by atoms with E-state index in [1.807, 2.05) is 23.8 Å². The fourth-order valence-corrected chi connectivity index (χ4v) is 2.41. The third-order valence-electron chi connectivity index (χ3n) is 3.45. The molecule has 5 heteroatoms. The van der Waals surface area contributed by atoms with Crippen LogP contribution in [0, 0.1) is 5.92 Å². The van der Waals surface area contributed by atoms with Gasteiger partial charge in [-0.05, 0) is 31.9 Å². The van der Waals surface area contributed by atoms with Gasteiger partial charge in [-0.3, -0.25) is 9.59 Å². The Labute approximate surface area is 106 Å². The number of carbonyl (C=O) groups is 2. The van der Waals surface area contributed by atoms with Gasteiger partial charge in [0.05, 0.1) is 5.92 Å². The van der Waals surface area contributed by atoms with E-state index in [9.17, 15) is 9.59 Å². The molecule has 2 rings (SSSR count). The lowest BCUT2D eigenvalue weighted by atomic mass is 9.98. The Hall–Kier alpha value is -1.78. The summed E-state index contributed by atoms with van der Waals surface area (Å²) in [7, 11) is 0. The molecule has 1 saturated heterocycles. The van der Waals surface area contributed by atoms with Gasteiger partial charge in [0.1, 0.15) is 5.69 Å². The summed E-state index contributed by atoms with van der Waals surface area (Å²) in [5.41, 5.74) is 0.642. The molecule has 1 aliphatic heterocycles. The SMILES string of the molecule is CCn1cccc1C(=O)N1CCC[C@@H](C(=O)O)C1. The molecule has 1 aromatic heterocycles. The van der Waals surface area contributed by atoms with Crippen molar-refractivity contribution in [1.29, 1.82) is 0 Å². The number of rotatable bonds is 3. The molecule has 0 radical (unpaired) electrons. The van der Waals surface area contributed by atoms with E-state index in [0.29, 0.717) is 25.2 Å². The molecule has 0 saturated carbocycles. The van der Waals surface area contributed by atoms with E-state index in [1.54, 1.807) is 11.0 Å². The Morgan fingerprint density at radius 1 is 1.50 bits per heavy atom. The summed E-state index contributed by atoms with van der Waals surface area (Å²) in [6.45, 7) is 3.69. The van der Waals surface area contributed by atoms with Crippen LogP contribution >= 0.6 is 0 Å². The zero-order chi connectivity index (χ0) is 13.1. The van der Waals surface area contributed by atoms with Crippen molar-refractivity contribution in [2.24, 2.45) is 5.92 Å². The van der Waals surface area contributed by atoms with Gasteiger partial charge in [-0.1, -0.05) is 0 Å². The fourth-order valence-electron chi connectivity index (χ4n) is 2.41. The van der Waals surface area contributed by atoms with Gasteiger partial charge in [0.25, 0.3) is 5.91 Å². The highest BCUT2D eigenvalue weighted by Crippen LogP contribution is 2.19. The van der Waals surface area contributed by atoms with E-state index >= 15 is 0 Å². The molecule has 1 aromatic rings. The highest BCUT2D eigenvalue weighted by atomic mass is 16.4. The molecule has 0 aliphatic carbocycles. The van der Waals surface area contributed by atoms with E-state index in [1.165, 1.54) is 0 Å². The third kappa shape index (κ3) is 2.39. The predicted octanol–water partition coefficient (Wildman–Crippen LogP) is 1.44. The zero-order valence-corrected chi connectivity index (χ0v) is 10.5. The Kier molecular flexibility index (Phi) is 3.69. The van der Waals surface area contributed by atoms with Crippen LogP contribution in [0.25, 0.3) is 0 Å². The maximum absolute atomic E-state index is 12.3. The summed E-state index contributed by atoms with van der Waals surface area (Å²) in [5.74, 6) is -1.29. The van der Waals surface area contributed by atoms with Crippen LogP contribution < -0.4 is 0 Å². The molecule has 0 bridgehead atoms. The number of hydrogen-bond donors (Lipinski definition) is 1. The average molecular weight is 250 g/mol. The smallest absolute Gasteiger partial charge is 0.308 e. The minimum atomic E-state index is -0.807. The normalized spacial score (nSPS) is 19.8. The summed E-state index contributed by atoms with van der Waals surface area (Å²) in [6.07, 6.45) is 3.29. The number of hydrogen-bond acceptors (Lipinski definition) is 2. The van der Waals surface area contributed by atoms with Crippen molar-refractivity contribution in [2.75, 3.05) is 13.1 Å². The number of carbonyl (C=O) groups excluding carboxylic acids is 1. The standard InChI is InChI=1S/C13H18N2O3/c1-2-14-7-4-6-11(14)12(16)15-8-3-5-10(9-15)13(17)18/h4,6-7,10H,2-3,5,8-9H2,1H3,(H,17,18)/t10-/m1/s1. The van der Waals surface area contributed by atoms with Crippen LogP contribution in [0.5, 0.6) is 0 Å². The van der Waals surface area contributed by atoms with Crippen molar-refractivity contribution >= 4 is 11.9 Å². The quantitative estimate of drug-likeness (QED) is 0.883. The molecule has 98 valence electrons. The molecule has 5 nitrogen and oxygen atoms in total. The van der Waals surface area contributed by atoms with Gasteiger partial charge in [-0.25, -0.2) is 0 Å². The largest absolute Gasteiger partial charge is 0.481 e. The Morgan fingerprint density at radius 2 is 2.28 bits per heavy atom. The van der Waals surface area contributed by atoms with Crippen molar-refractivity contribution in [3.63, 3.8) is 0 Å². The first kappa shape index (κ1) is 12.7. The van der Waals surface area contributed by atoms with Crippen LogP contribution in [-0.2, 0) is 11.3 Å². The van der Waals surface area contributed by atoms with Crippen LogP contribution in [-0.4, -0.2) is 39.5 Å². The molecule has 1 atom stereocenters. The Bertz CT molecular complexity index is 453. The van der Waals surface area contributed by atoms with Gasteiger partial charge in [0.2, 0.25) is 0 Å². The Morgan fingerprint density at radius 3 is 2.94 bits per heavy atom. The van der Waals surface area contributed by atoms with Crippen LogP contribution in [0.1, 0.15) is 30.3 Å². The monoisotopic (exact) mass is 250 g/mol.